The predicted molar refractivity (Wildman–Crippen MR) is 91.4 cm³/mol. The summed E-state index contributed by atoms with van der Waals surface area (Å²) in [5.41, 5.74) is 0.194. The van der Waals surface area contributed by atoms with E-state index in [0.717, 1.165) is 0 Å². The normalized spacial score (nSPS) is 13.3. The van der Waals surface area contributed by atoms with Crippen LogP contribution in [0.5, 0.6) is 0 Å². The van der Waals surface area contributed by atoms with Gasteiger partial charge in [0.2, 0.25) is 5.82 Å². The van der Waals surface area contributed by atoms with Crippen molar-refractivity contribution in [2.75, 3.05) is 5.73 Å². The van der Waals surface area contributed by atoms with E-state index in [4.69, 9.17) is 5.73 Å². The number of hydrogen-bond acceptors (Lipinski definition) is 5. The van der Waals surface area contributed by atoms with Crippen LogP contribution in [-0.2, 0) is 18.5 Å². The molecule has 4 rings (SSSR count). The van der Waals surface area contributed by atoms with Crippen LogP contribution in [0.1, 0.15) is 17.1 Å². The zero-order valence-electron chi connectivity index (χ0n) is 15.1. The van der Waals surface area contributed by atoms with Crippen LogP contribution >= 0.6 is 0 Å². The first kappa shape index (κ1) is 21.6. The Morgan fingerprint density at radius 3 is 2.06 bits per heavy atom. The molecule has 0 aliphatic heterocycles. The molecule has 0 radical (unpaired) electrons. The fourth-order valence-electron chi connectivity index (χ4n) is 3.08. The summed E-state index contributed by atoms with van der Waals surface area (Å²) >= 11 is 0. The van der Waals surface area contributed by atoms with Gasteiger partial charge < -0.3 is 5.73 Å². The van der Waals surface area contributed by atoms with E-state index in [1.165, 1.54) is 24.3 Å². The average molecular weight is 466 g/mol. The van der Waals surface area contributed by atoms with Crippen LogP contribution in [0, 0.1) is 0 Å². The van der Waals surface area contributed by atoms with Gasteiger partial charge in [-0.15, -0.1) is 5.10 Å². The quantitative estimate of drug-likeness (QED) is 0.399. The Bertz CT molecular complexity index is 1350. The van der Waals surface area contributed by atoms with E-state index < -0.39 is 58.1 Å². The molecule has 0 saturated carbocycles. The molecule has 2 N–H and O–H groups in total. The van der Waals surface area contributed by atoms with Crippen molar-refractivity contribution in [1.29, 1.82) is 0 Å². The summed E-state index contributed by atoms with van der Waals surface area (Å²) < 4.78 is 121. The van der Waals surface area contributed by atoms with Crippen LogP contribution in [0.15, 0.2) is 30.5 Å². The van der Waals surface area contributed by atoms with Gasteiger partial charge >= 0.3 is 18.5 Å². The van der Waals surface area contributed by atoms with Gasteiger partial charge in [0.15, 0.2) is 11.3 Å². The number of pyridine rings is 1. The lowest BCUT2D eigenvalue weighted by atomic mass is 10.1. The minimum Gasteiger partial charge on any atom is -0.383 e. The van der Waals surface area contributed by atoms with Crippen LogP contribution in [0.4, 0.5) is 45.3 Å². The molecule has 3 heterocycles. The van der Waals surface area contributed by atoms with Crippen molar-refractivity contribution in [2.24, 2.45) is 0 Å². The molecule has 15 heteroatoms. The number of fused-ring (bicyclic) bond motifs is 2. The third kappa shape index (κ3) is 3.42. The fraction of sp³-hybridized carbons (Fsp3) is 0.176. The Morgan fingerprint density at radius 2 is 1.47 bits per heavy atom. The van der Waals surface area contributed by atoms with Crippen molar-refractivity contribution < 1.29 is 39.5 Å². The van der Waals surface area contributed by atoms with Crippen molar-refractivity contribution in [1.82, 2.24) is 24.7 Å². The number of nitrogen functional groups attached to an aromatic ring is 1. The summed E-state index contributed by atoms with van der Waals surface area (Å²) in [5.74, 6) is -3.19. The van der Waals surface area contributed by atoms with Crippen LogP contribution in [0.25, 0.3) is 27.6 Å². The Balaban J connectivity index is 2.17. The molecule has 6 nitrogen and oxygen atoms in total. The van der Waals surface area contributed by atoms with Crippen molar-refractivity contribution >= 4 is 27.8 Å². The lowest BCUT2D eigenvalue weighted by Gasteiger charge is -2.16. The van der Waals surface area contributed by atoms with Gasteiger partial charge in [0.1, 0.15) is 11.4 Å². The molecule has 0 aliphatic rings. The topological polar surface area (TPSA) is 82.5 Å². The number of anilines is 1. The molecule has 0 amide bonds. The van der Waals surface area contributed by atoms with Crippen LogP contribution in [0.3, 0.4) is 0 Å². The number of hydrogen-bond donors (Lipinski definition) is 1. The highest BCUT2D eigenvalue weighted by Gasteiger charge is 2.43. The van der Waals surface area contributed by atoms with E-state index in [1.807, 2.05) is 0 Å². The largest absolute Gasteiger partial charge is 0.451 e. The highest BCUT2D eigenvalue weighted by Crippen LogP contribution is 2.42. The molecule has 0 fully saturated rings. The number of para-hydroxylation sites is 1. The summed E-state index contributed by atoms with van der Waals surface area (Å²) in [6.45, 7) is 0. The van der Waals surface area contributed by atoms with Crippen LogP contribution in [-0.4, -0.2) is 24.7 Å². The van der Waals surface area contributed by atoms with E-state index in [9.17, 15) is 39.5 Å². The lowest BCUT2D eigenvalue weighted by molar-refractivity contribution is -0.151. The van der Waals surface area contributed by atoms with E-state index >= 15 is 0 Å². The fourth-order valence-corrected chi connectivity index (χ4v) is 3.08. The van der Waals surface area contributed by atoms with Gasteiger partial charge in [-0.3, -0.25) is 4.98 Å². The molecule has 3 aromatic heterocycles. The van der Waals surface area contributed by atoms with Crippen molar-refractivity contribution in [3.63, 3.8) is 0 Å². The summed E-state index contributed by atoms with van der Waals surface area (Å²) in [5, 5.41) is 2.09. The Labute approximate surface area is 170 Å². The monoisotopic (exact) mass is 466 g/mol. The highest BCUT2D eigenvalue weighted by atomic mass is 19.4. The first-order valence-corrected chi connectivity index (χ1v) is 8.35. The van der Waals surface area contributed by atoms with Crippen LogP contribution in [0.2, 0.25) is 0 Å². The summed E-state index contributed by atoms with van der Waals surface area (Å²) in [4.78, 5) is 9.13. The first-order chi connectivity index (χ1) is 14.7. The zero-order valence-corrected chi connectivity index (χ0v) is 15.1. The van der Waals surface area contributed by atoms with Gasteiger partial charge in [-0.25, -0.2) is 14.6 Å². The molecule has 0 unspecified atom stereocenters. The van der Waals surface area contributed by atoms with Gasteiger partial charge in [-0.1, -0.05) is 18.2 Å². The molecule has 0 aliphatic carbocycles. The summed E-state index contributed by atoms with van der Waals surface area (Å²) in [7, 11) is 0. The Hall–Kier alpha value is -3.65. The van der Waals surface area contributed by atoms with E-state index in [0.29, 0.717) is 6.20 Å². The SMILES string of the molecule is Nc1c2c(C(F)(F)F)nc(C(F)(F)F)nc2nn1-c1c(C(F)(F)F)cnc2ccccc12. The van der Waals surface area contributed by atoms with Gasteiger partial charge in [0, 0.05) is 11.6 Å². The van der Waals surface area contributed by atoms with Gasteiger partial charge in [-0.2, -0.15) is 39.5 Å². The number of halogens is 9. The van der Waals surface area contributed by atoms with Crippen molar-refractivity contribution in [2.45, 2.75) is 18.5 Å². The number of nitrogens with zero attached hydrogens (tertiary/aromatic N) is 5. The molecule has 4 aromatic rings. The second kappa shape index (κ2) is 6.67. The molecule has 0 atom stereocenters. The summed E-state index contributed by atoms with van der Waals surface area (Å²) in [6.07, 6.45) is -15.4. The number of rotatable bonds is 1. The Morgan fingerprint density at radius 1 is 0.812 bits per heavy atom. The van der Waals surface area contributed by atoms with Crippen molar-refractivity contribution in [3.8, 4) is 5.69 Å². The number of aromatic nitrogens is 5. The van der Waals surface area contributed by atoms with Gasteiger partial charge in [0.05, 0.1) is 16.6 Å². The predicted octanol–water partition coefficient (Wildman–Crippen LogP) is 5.00. The molecular formula is C17H7F9N6. The van der Waals surface area contributed by atoms with E-state index in [1.54, 1.807) is 0 Å². The minimum atomic E-state index is -5.43. The highest BCUT2D eigenvalue weighted by molar-refractivity contribution is 5.94. The smallest absolute Gasteiger partial charge is 0.383 e. The zero-order chi connectivity index (χ0) is 23.6. The maximum Gasteiger partial charge on any atom is 0.451 e. The second-order valence-corrected chi connectivity index (χ2v) is 6.42. The van der Waals surface area contributed by atoms with Gasteiger partial charge in [0.25, 0.3) is 0 Å². The van der Waals surface area contributed by atoms with E-state index in [-0.39, 0.29) is 15.6 Å². The average Bonchev–Trinajstić information content (AvgIpc) is 3.00. The molecule has 0 bridgehead atoms. The van der Waals surface area contributed by atoms with E-state index in [2.05, 4.69) is 20.1 Å². The molecule has 1 aromatic carbocycles. The summed E-state index contributed by atoms with van der Waals surface area (Å²) in [6, 6.07) is 5.27. The molecule has 168 valence electrons. The Kier molecular flexibility index (Phi) is 4.50. The number of benzene rings is 1. The first-order valence-electron chi connectivity index (χ1n) is 8.35. The van der Waals surface area contributed by atoms with Crippen LogP contribution < -0.4 is 5.73 Å². The molecule has 0 spiro atoms. The lowest BCUT2D eigenvalue weighted by Crippen LogP contribution is -2.17. The van der Waals surface area contributed by atoms with Crippen molar-refractivity contribution in [3.05, 3.63) is 47.5 Å². The molecular weight excluding hydrogens is 459 g/mol. The third-order valence-electron chi connectivity index (χ3n) is 4.36. The molecule has 32 heavy (non-hydrogen) atoms. The number of nitrogens with two attached hydrogens (primary N) is 1. The minimum absolute atomic E-state index is 0.00701. The standard InChI is InChI=1S/C17H7F9N6/c18-15(19,20)7-5-28-8-4-2-1-3-6(8)10(7)32-12(27)9-11(16(21,22)23)29-14(17(24,25)26)30-13(9)31-32/h1-5H,27H2. The maximum absolute atomic E-state index is 13.7. The second-order valence-electron chi connectivity index (χ2n) is 6.42. The third-order valence-corrected chi connectivity index (χ3v) is 4.36. The number of alkyl halides is 9. The van der Waals surface area contributed by atoms with Gasteiger partial charge in [-0.05, 0) is 6.07 Å². The molecule has 0 saturated heterocycles. The maximum atomic E-state index is 13.7.